The van der Waals surface area contributed by atoms with Gasteiger partial charge in [-0.15, -0.1) is 0 Å². The van der Waals surface area contributed by atoms with Crippen molar-refractivity contribution in [2.75, 3.05) is 36.9 Å². The first-order valence-electron chi connectivity index (χ1n) is 11.1. The van der Waals surface area contributed by atoms with Crippen LogP contribution < -0.4 is 20.9 Å². The molecule has 1 unspecified atom stereocenters. The van der Waals surface area contributed by atoms with Crippen LogP contribution in [0.2, 0.25) is 0 Å². The largest absolute Gasteiger partial charge is 0.459 e. The smallest absolute Gasteiger partial charge is 0.230 e. The van der Waals surface area contributed by atoms with E-state index in [9.17, 15) is 4.79 Å². The van der Waals surface area contributed by atoms with Crippen molar-refractivity contribution in [3.63, 3.8) is 0 Å². The summed E-state index contributed by atoms with van der Waals surface area (Å²) >= 11 is 0. The van der Waals surface area contributed by atoms with E-state index in [1.54, 1.807) is 6.26 Å². The van der Waals surface area contributed by atoms with E-state index in [0.717, 1.165) is 67.2 Å². The Morgan fingerprint density at radius 2 is 2.10 bits per heavy atom. The third-order valence-corrected chi connectivity index (χ3v) is 6.92. The van der Waals surface area contributed by atoms with E-state index in [1.165, 1.54) is 0 Å². The van der Waals surface area contributed by atoms with Crippen molar-refractivity contribution in [3.05, 3.63) is 35.9 Å². The maximum atomic E-state index is 12.3. The zero-order valence-electron chi connectivity index (χ0n) is 18.4. The third-order valence-electron chi connectivity index (χ3n) is 6.92. The van der Waals surface area contributed by atoms with Crippen molar-refractivity contribution in [3.8, 4) is 0 Å². The van der Waals surface area contributed by atoms with Gasteiger partial charge in [0.15, 0.2) is 11.4 Å². The summed E-state index contributed by atoms with van der Waals surface area (Å²) in [6.45, 7) is 6.96. The molecule has 2 aromatic heterocycles. The van der Waals surface area contributed by atoms with E-state index in [2.05, 4.69) is 31.9 Å². The van der Waals surface area contributed by atoms with Crippen molar-refractivity contribution in [2.24, 2.45) is 17.3 Å². The first-order valence-corrected chi connectivity index (χ1v) is 11.1. The summed E-state index contributed by atoms with van der Waals surface area (Å²) < 4.78 is 5.73. The number of piperidine rings is 1. The van der Waals surface area contributed by atoms with Crippen LogP contribution in [-0.4, -0.2) is 42.6 Å². The van der Waals surface area contributed by atoms with Crippen molar-refractivity contribution < 1.29 is 9.21 Å². The van der Waals surface area contributed by atoms with Crippen LogP contribution in [0.25, 0.3) is 11.1 Å². The molecule has 1 aliphatic carbocycles. The fourth-order valence-corrected chi connectivity index (χ4v) is 4.93. The summed E-state index contributed by atoms with van der Waals surface area (Å²) in [6, 6.07) is 1.88. The Kier molecular flexibility index (Phi) is 4.97. The highest BCUT2D eigenvalue weighted by molar-refractivity contribution is 5.88. The van der Waals surface area contributed by atoms with Crippen molar-refractivity contribution in [1.29, 1.82) is 0 Å². The quantitative estimate of drug-likeness (QED) is 0.682. The van der Waals surface area contributed by atoms with E-state index < -0.39 is 0 Å². The Labute approximate surface area is 182 Å². The SMILES string of the molecule is CNCC1CCN(c2nc(NC3=CCC4C(=C3)NC(=O)C4(C)C)nc3ccoc23)CC1. The lowest BCUT2D eigenvalue weighted by molar-refractivity contribution is -0.127. The Morgan fingerprint density at radius 3 is 2.87 bits per heavy atom. The lowest BCUT2D eigenvalue weighted by Crippen LogP contribution is -2.37. The fraction of sp³-hybridized carbons (Fsp3) is 0.522. The number of rotatable bonds is 5. The third kappa shape index (κ3) is 3.59. The second kappa shape index (κ2) is 7.67. The Hall–Kier alpha value is -2.87. The molecule has 0 saturated carbocycles. The molecule has 1 atom stereocenters. The van der Waals surface area contributed by atoms with Gasteiger partial charge < -0.3 is 25.3 Å². The number of amides is 1. The first-order chi connectivity index (χ1) is 15.0. The second-order valence-electron chi connectivity index (χ2n) is 9.34. The number of anilines is 2. The van der Waals surface area contributed by atoms with E-state index in [0.29, 0.717) is 11.9 Å². The van der Waals surface area contributed by atoms with Crippen LogP contribution in [0.4, 0.5) is 11.8 Å². The van der Waals surface area contributed by atoms with Gasteiger partial charge in [0.2, 0.25) is 11.9 Å². The van der Waals surface area contributed by atoms with Crippen LogP contribution in [0.5, 0.6) is 0 Å². The number of hydrogen-bond acceptors (Lipinski definition) is 7. The lowest BCUT2D eigenvalue weighted by atomic mass is 9.76. The van der Waals surface area contributed by atoms with Crippen LogP contribution in [0, 0.1) is 17.3 Å². The highest BCUT2D eigenvalue weighted by atomic mass is 16.3. The number of furan rings is 1. The number of carbonyl (C=O) groups excluding carboxylic acids is 1. The molecule has 8 nitrogen and oxygen atoms in total. The molecule has 0 radical (unpaired) electrons. The average Bonchev–Trinajstić information content (AvgIpc) is 3.30. The number of carbonyl (C=O) groups is 1. The monoisotopic (exact) mass is 422 g/mol. The van der Waals surface area contributed by atoms with Crippen LogP contribution in [-0.2, 0) is 4.79 Å². The fourth-order valence-electron chi connectivity index (χ4n) is 4.93. The summed E-state index contributed by atoms with van der Waals surface area (Å²) in [7, 11) is 2.01. The predicted molar refractivity (Wildman–Crippen MR) is 120 cm³/mol. The van der Waals surface area contributed by atoms with Gasteiger partial charge in [-0.2, -0.15) is 4.98 Å². The van der Waals surface area contributed by atoms with Gasteiger partial charge in [0, 0.05) is 36.5 Å². The molecule has 0 bridgehead atoms. The van der Waals surface area contributed by atoms with Crippen LogP contribution in [0.1, 0.15) is 33.1 Å². The highest BCUT2D eigenvalue weighted by Gasteiger charge is 2.45. The van der Waals surface area contributed by atoms with Gasteiger partial charge in [0.25, 0.3) is 0 Å². The zero-order chi connectivity index (χ0) is 21.6. The second-order valence-corrected chi connectivity index (χ2v) is 9.34. The molecule has 3 aliphatic rings. The molecule has 0 spiro atoms. The minimum Gasteiger partial charge on any atom is -0.459 e. The van der Waals surface area contributed by atoms with Gasteiger partial charge in [-0.1, -0.05) is 19.9 Å². The number of hydrogen-bond donors (Lipinski definition) is 3. The minimum atomic E-state index is -0.382. The molecular weight excluding hydrogens is 392 g/mol. The number of allylic oxidation sites excluding steroid dienone is 3. The summed E-state index contributed by atoms with van der Waals surface area (Å²) in [4.78, 5) is 24.1. The van der Waals surface area contributed by atoms with Crippen LogP contribution in [0.3, 0.4) is 0 Å². The summed E-state index contributed by atoms with van der Waals surface area (Å²) in [5.41, 5.74) is 3.02. The summed E-state index contributed by atoms with van der Waals surface area (Å²) in [6.07, 6.45) is 8.87. The number of aromatic nitrogens is 2. The molecule has 2 aliphatic heterocycles. The Bertz CT molecular complexity index is 1060. The predicted octanol–water partition coefficient (Wildman–Crippen LogP) is 3.01. The molecule has 31 heavy (non-hydrogen) atoms. The standard InChI is InChI=1S/C23H30N6O2/c1-23(2)16-5-4-15(12-18(16)26-21(23)30)25-22-27-17-8-11-31-19(17)20(28-22)29-9-6-14(7-10-29)13-24-3/h4,8,11-12,14,16,24H,5-7,9-10,13H2,1-3H3,(H,26,30)(H,25,27,28). The topological polar surface area (TPSA) is 95.3 Å². The van der Waals surface area contributed by atoms with E-state index >= 15 is 0 Å². The number of nitrogens with one attached hydrogen (secondary N) is 3. The van der Waals surface area contributed by atoms with Crippen LogP contribution in [0.15, 0.2) is 40.3 Å². The molecule has 3 N–H and O–H groups in total. The molecule has 2 saturated heterocycles. The van der Waals surface area contributed by atoms with Gasteiger partial charge in [0.05, 0.1) is 11.7 Å². The van der Waals surface area contributed by atoms with E-state index in [-0.39, 0.29) is 17.2 Å². The Balaban J connectivity index is 1.38. The van der Waals surface area contributed by atoms with Crippen molar-refractivity contribution >= 4 is 28.8 Å². The normalized spacial score (nSPS) is 23.4. The summed E-state index contributed by atoms with van der Waals surface area (Å²) in [5, 5.41) is 9.68. The van der Waals surface area contributed by atoms with Gasteiger partial charge in [-0.25, -0.2) is 4.98 Å². The molecule has 0 aromatic carbocycles. The van der Waals surface area contributed by atoms with Gasteiger partial charge in [0.1, 0.15) is 5.52 Å². The highest BCUT2D eigenvalue weighted by Crippen LogP contribution is 2.42. The maximum absolute atomic E-state index is 12.3. The Morgan fingerprint density at radius 1 is 1.29 bits per heavy atom. The van der Waals surface area contributed by atoms with Crippen LogP contribution >= 0.6 is 0 Å². The van der Waals surface area contributed by atoms with E-state index in [4.69, 9.17) is 9.40 Å². The first kappa shape index (κ1) is 20.1. The number of fused-ring (bicyclic) bond motifs is 2. The molecule has 2 aromatic rings. The summed E-state index contributed by atoms with van der Waals surface area (Å²) in [5.74, 6) is 2.37. The van der Waals surface area contributed by atoms with Crippen molar-refractivity contribution in [2.45, 2.75) is 33.1 Å². The van der Waals surface area contributed by atoms with Crippen molar-refractivity contribution in [1.82, 2.24) is 20.6 Å². The molecule has 2 fully saturated rings. The van der Waals surface area contributed by atoms with Gasteiger partial charge in [-0.05, 0) is 44.8 Å². The molecule has 8 heteroatoms. The molecular formula is C23H30N6O2. The molecule has 1 amide bonds. The zero-order valence-corrected chi connectivity index (χ0v) is 18.4. The van der Waals surface area contributed by atoms with E-state index in [1.807, 2.05) is 33.0 Å². The van der Waals surface area contributed by atoms with Gasteiger partial charge in [-0.3, -0.25) is 4.79 Å². The van der Waals surface area contributed by atoms with Gasteiger partial charge >= 0.3 is 0 Å². The lowest BCUT2D eigenvalue weighted by Gasteiger charge is -2.32. The molecule has 164 valence electrons. The average molecular weight is 423 g/mol. The molecule has 4 heterocycles. The maximum Gasteiger partial charge on any atom is 0.230 e. The minimum absolute atomic E-state index is 0.0819. The number of nitrogens with zero attached hydrogens (tertiary/aromatic N) is 3. The molecule has 5 rings (SSSR count).